The summed E-state index contributed by atoms with van der Waals surface area (Å²) in [5, 5.41) is 11.3. The number of hydrogen-bond donors (Lipinski definition) is 0. The number of esters is 1. The Hall–Kier alpha value is -0.880. The molecule has 2 rings (SSSR count). The number of alkyl halides is 2. The van der Waals surface area contributed by atoms with E-state index in [4.69, 9.17) is 27.9 Å². The molecule has 0 aromatic carbocycles. The molecule has 0 N–H and O–H groups in total. The van der Waals surface area contributed by atoms with Gasteiger partial charge in [0.15, 0.2) is 12.4 Å². The summed E-state index contributed by atoms with van der Waals surface area (Å²) in [7, 11) is 0. The van der Waals surface area contributed by atoms with Gasteiger partial charge in [0.1, 0.15) is 9.75 Å². The molecule has 1 heterocycles. The van der Waals surface area contributed by atoms with E-state index >= 15 is 0 Å². The molecule has 1 aliphatic carbocycles. The van der Waals surface area contributed by atoms with Crippen molar-refractivity contribution in [3.63, 3.8) is 0 Å². The minimum Gasteiger partial charge on any atom is -0.457 e. The number of hydrogen-bond acceptors (Lipinski definition) is 5. The zero-order valence-electron chi connectivity index (χ0n) is 10.9. The monoisotopic (exact) mass is 306 g/mol. The maximum atomic E-state index is 11.9. The molecule has 1 aliphatic rings. The number of carbonyl (C=O) groups is 1. The Kier molecular flexibility index (Phi) is 4.01. The van der Waals surface area contributed by atoms with Crippen molar-refractivity contribution in [2.24, 2.45) is 5.41 Å². The van der Waals surface area contributed by atoms with E-state index in [1.165, 1.54) is 0 Å². The molecule has 1 aromatic rings. The van der Waals surface area contributed by atoms with Crippen LogP contribution in [0.15, 0.2) is 0 Å². The average molecular weight is 307 g/mol. The average Bonchev–Trinajstić information content (AvgIpc) is 2.74. The lowest BCUT2D eigenvalue weighted by Crippen LogP contribution is -2.22. The fraction of sp³-hybridized carbons (Fsp3) is 0.818. The summed E-state index contributed by atoms with van der Waals surface area (Å²) < 4.78 is 5.82. The van der Waals surface area contributed by atoms with Gasteiger partial charge in [-0.2, -0.15) is 0 Å². The van der Waals surface area contributed by atoms with Crippen LogP contribution in [0, 0.1) is 5.41 Å². The number of halogens is 2. The standard InChI is InChI=1S/C11H16Cl2N4O2/c1-3-4-5-17-8(14-15-16-17)6-19-9(18)10(2)7-11(10,12)13/h3-7H2,1-2H3. The van der Waals surface area contributed by atoms with Crippen LogP contribution in [0.3, 0.4) is 0 Å². The first-order valence-electron chi connectivity index (χ1n) is 6.21. The van der Waals surface area contributed by atoms with Crippen molar-refractivity contribution < 1.29 is 9.53 Å². The van der Waals surface area contributed by atoms with E-state index in [9.17, 15) is 4.79 Å². The second-order valence-corrected chi connectivity index (χ2v) is 6.45. The van der Waals surface area contributed by atoms with Crippen molar-refractivity contribution in [3.05, 3.63) is 5.82 Å². The Bertz CT molecular complexity index is 477. The number of aromatic nitrogens is 4. The van der Waals surface area contributed by atoms with Gasteiger partial charge >= 0.3 is 5.97 Å². The van der Waals surface area contributed by atoms with Gasteiger partial charge < -0.3 is 4.74 Å². The van der Waals surface area contributed by atoms with Gasteiger partial charge in [-0.1, -0.05) is 13.3 Å². The fourth-order valence-corrected chi connectivity index (χ4v) is 2.41. The minimum atomic E-state index is -1.02. The van der Waals surface area contributed by atoms with Crippen molar-refractivity contribution in [1.82, 2.24) is 20.2 Å². The quantitative estimate of drug-likeness (QED) is 0.594. The molecule has 1 fully saturated rings. The molecule has 6 nitrogen and oxygen atoms in total. The van der Waals surface area contributed by atoms with Crippen LogP contribution in [0.2, 0.25) is 0 Å². The van der Waals surface area contributed by atoms with Gasteiger partial charge in [-0.3, -0.25) is 4.79 Å². The van der Waals surface area contributed by atoms with Crippen LogP contribution in [-0.2, 0) is 22.7 Å². The Labute approximate surface area is 121 Å². The summed E-state index contributed by atoms with van der Waals surface area (Å²) in [6.45, 7) is 4.52. The zero-order valence-corrected chi connectivity index (χ0v) is 12.4. The molecule has 0 radical (unpaired) electrons. The Morgan fingerprint density at radius 1 is 1.53 bits per heavy atom. The van der Waals surface area contributed by atoms with Crippen molar-refractivity contribution >= 4 is 29.2 Å². The molecule has 0 amide bonds. The third-order valence-corrected chi connectivity index (χ3v) is 4.47. The highest BCUT2D eigenvalue weighted by atomic mass is 35.5. The molecular weight excluding hydrogens is 291 g/mol. The first-order chi connectivity index (χ1) is 8.90. The maximum absolute atomic E-state index is 11.9. The van der Waals surface area contributed by atoms with E-state index in [2.05, 4.69) is 22.4 Å². The van der Waals surface area contributed by atoms with Crippen molar-refractivity contribution in [1.29, 1.82) is 0 Å². The summed E-state index contributed by atoms with van der Waals surface area (Å²) in [5.41, 5.74) is -0.822. The van der Waals surface area contributed by atoms with Gasteiger partial charge in [0.05, 0.1) is 0 Å². The Morgan fingerprint density at radius 3 is 2.79 bits per heavy atom. The molecule has 0 spiro atoms. The van der Waals surface area contributed by atoms with Crippen LogP contribution in [0.5, 0.6) is 0 Å². The van der Waals surface area contributed by atoms with Crippen LogP contribution in [-0.4, -0.2) is 30.5 Å². The molecule has 19 heavy (non-hydrogen) atoms. The Morgan fingerprint density at radius 2 is 2.21 bits per heavy atom. The molecular formula is C11H16Cl2N4O2. The molecule has 1 aromatic heterocycles. The SMILES string of the molecule is CCCCn1nnnc1COC(=O)C1(C)CC1(Cl)Cl. The highest BCUT2D eigenvalue weighted by molar-refractivity contribution is 6.53. The van der Waals surface area contributed by atoms with E-state index in [-0.39, 0.29) is 6.61 Å². The van der Waals surface area contributed by atoms with Gasteiger partial charge in [0, 0.05) is 13.0 Å². The molecule has 0 saturated heterocycles. The topological polar surface area (TPSA) is 69.9 Å². The lowest BCUT2D eigenvalue weighted by molar-refractivity contribution is -0.151. The van der Waals surface area contributed by atoms with Crippen LogP contribution >= 0.6 is 23.2 Å². The van der Waals surface area contributed by atoms with Crippen LogP contribution in [0.25, 0.3) is 0 Å². The zero-order chi connectivity index (χ0) is 14.1. The third kappa shape index (κ3) is 2.84. The third-order valence-electron chi connectivity index (χ3n) is 3.37. The summed E-state index contributed by atoms with van der Waals surface area (Å²) in [6.07, 6.45) is 2.41. The lowest BCUT2D eigenvalue weighted by Gasteiger charge is -2.11. The van der Waals surface area contributed by atoms with E-state index in [0.29, 0.717) is 18.8 Å². The normalized spacial score (nSPS) is 24.2. The van der Waals surface area contributed by atoms with E-state index < -0.39 is 15.7 Å². The maximum Gasteiger partial charge on any atom is 0.315 e. The molecule has 0 aliphatic heterocycles. The first kappa shape index (κ1) is 14.5. The van der Waals surface area contributed by atoms with Crippen molar-refractivity contribution in [2.45, 2.75) is 50.6 Å². The lowest BCUT2D eigenvalue weighted by atomic mass is 10.1. The number of rotatable bonds is 6. The molecule has 8 heteroatoms. The second-order valence-electron chi connectivity index (χ2n) is 4.96. The Balaban J connectivity index is 1.89. The molecule has 1 atom stereocenters. The number of unbranched alkanes of at least 4 members (excludes halogenated alkanes) is 1. The van der Waals surface area contributed by atoms with Crippen LogP contribution in [0.1, 0.15) is 38.9 Å². The molecule has 0 bridgehead atoms. The van der Waals surface area contributed by atoms with Crippen LogP contribution < -0.4 is 0 Å². The summed E-state index contributed by atoms with van der Waals surface area (Å²) >= 11 is 11.8. The number of tetrazole rings is 1. The predicted molar refractivity (Wildman–Crippen MR) is 69.7 cm³/mol. The van der Waals surface area contributed by atoms with Gasteiger partial charge in [0.25, 0.3) is 0 Å². The first-order valence-corrected chi connectivity index (χ1v) is 6.96. The second kappa shape index (κ2) is 5.25. The van der Waals surface area contributed by atoms with Gasteiger partial charge in [-0.15, -0.1) is 28.3 Å². The smallest absolute Gasteiger partial charge is 0.315 e. The highest BCUT2D eigenvalue weighted by Gasteiger charge is 2.69. The number of aryl methyl sites for hydroxylation is 1. The van der Waals surface area contributed by atoms with Gasteiger partial charge in [-0.25, -0.2) is 4.68 Å². The fourth-order valence-electron chi connectivity index (χ4n) is 1.72. The van der Waals surface area contributed by atoms with Crippen molar-refractivity contribution in [3.8, 4) is 0 Å². The summed E-state index contributed by atoms with van der Waals surface area (Å²) in [5.74, 6) is 0.114. The van der Waals surface area contributed by atoms with Gasteiger partial charge in [-0.05, 0) is 23.8 Å². The summed E-state index contributed by atoms with van der Waals surface area (Å²) in [4.78, 5) is 11.9. The number of carbonyl (C=O) groups excluding carboxylic acids is 1. The number of ether oxygens (including phenoxy) is 1. The highest BCUT2D eigenvalue weighted by Crippen LogP contribution is 2.64. The minimum absolute atomic E-state index is 0.0367. The summed E-state index contributed by atoms with van der Waals surface area (Å²) in [6, 6.07) is 0. The molecule has 1 saturated carbocycles. The predicted octanol–water partition coefficient (Wildman–Crippen LogP) is 2.10. The largest absolute Gasteiger partial charge is 0.457 e. The van der Waals surface area contributed by atoms with E-state index in [1.54, 1.807) is 11.6 Å². The van der Waals surface area contributed by atoms with Crippen LogP contribution in [0.4, 0.5) is 0 Å². The molecule has 1 unspecified atom stereocenters. The van der Waals surface area contributed by atoms with E-state index in [1.807, 2.05) is 0 Å². The number of nitrogens with zero attached hydrogens (tertiary/aromatic N) is 4. The van der Waals surface area contributed by atoms with Crippen molar-refractivity contribution in [2.75, 3.05) is 0 Å². The van der Waals surface area contributed by atoms with Gasteiger partial charge in [0.2, 0.25) is 0 Å². The van der Waals surface area contributed by atoms with E-state index in [0.717, 1.165) is 12.8 Å². The molecule has 106 valence electrons.